The summed E-state index contributed by atoms with van der Waals surface area (Å²) >= 11 is 0. The number of fused-ring (bicyclic) bond motifs is 1. The van der Waals surface area contributed by atoms with Gasteiger partial charge in [0.1, 0.15) is 9.84 Å². The van der Waals surface area contributed by atoms with E-state index >= 15 is 0 Å². The maximum absolute atomic E-state index is 13.9. The molecule has 4 heterocycles. The number of nitrogens with one attached hydrogen (secondary N) is 1. The Kier molecular flexibility index (Phi) is 6.81. The van der Waals surface area contributed by atoms with E-state index in [0.717, 1.165) is 37.2 Å². The van der Waals surface area contributed by atoms with Crippen molar-refractivity contribution < 1.29 is 13.2 Å². The first-order valence-corrected chi connectivity index (χ1v) is 14.5. The molecule has 188 valence electrons. The Hall–Kier alpha value is -2.52. The molecular formula is C26H35N5O3S. The second-order valence-electron chi connectivity index (χ2n) is 10.4. The van der Waals surface area contributed by atoms with E-state index in [1.54, 1.807) is 0 Å². The van der Waals surface area contributed by atoms with Crippen LogP contribution in [0.5, 0.6) is 0 Å². The number of anilines is 1. The van der Waals surface area contributed by atoms with Crippen LogP contribution >= 0.6 is 0 Å². The second kappa shape index (κ2) is 9.85. The lowest BCUT2D eigenvalue weighted by Crippen LogP contribution is -2.50. The standard InChI is InChI=1S/C26H35N5O3S/c1-18-14-20-15-27-26(28-21-9-12-35(33,34)13-10-21)29-24(20)17-31(18)25(32)22-8-11-30(2)16-23(22)19-6-4-3-5-7-19/h3-7,15,18,21-23H,8-14,16-17H2,1-2H3,(H,27,28,29)/t18-,22+,23-/m1/s1. The van der Waals surface area contributed by atoms with E-state index in [4.69, 9.17) is 4.98 Å². The van der Waals surface area contributed by atoms with Crippen LogP contribution in [0.15, 0.2) is 36.5 Å². The van der Waals surface area contributed by atoms with Crippen LogP contribution in [-0.2, 0) is 27.6 Å². The first-order valence-electron chi connectivity index (χ1n) is 12.6. The lowest BCUT2D eigenvalue weighted by atomic mass is 9.79. The Morgan fingerprint density at radius 1 is 1.11 bits per heavy atom. The monoisotopic (exact) mass is 497 g/mol. The smallest absolute Gasteiger partial charge is 0.227 e. The molecule has 0 bridgehead atoms. The van der Waals surface area contributed by atoms with E-state index in [0.29, 0.717) is 25.3 Å². The molecule has 0 aliphatic carbocycles. The Balaban J connectivity index is 1.32. The topological polar surface area (TPSA) is 95.5 Å². The highest BCUT2D eigenvalue weighted by atomic mass is 32.2. The summed E-state index contributed by atoms with van der Waals surface area (Å²) in [4.78, 5) is 27.5. The van der Waals surface area contributed by atoms with Gasteiger partial charge < -0.3 is 15.1 Å². The van der Waals surface area contributed by atoms with Gasteiger partial charge in [-0.2, -0.15) is 0 Å². The van der Waals surface area contributed by atoms with Crippen LogP contribution in [0, 0.1) is 5.92 Å². The second-order valence-corrected chi connectivity index (χ2v) is 12.7. The quantitative estimate of drug-likeness (QED) is 0.693. The zero-order valence-corrected chi connectivity index (χ0v) is 21.4. The van der Waals surface area contributed by atoms with Gasteiger partial charge in [-0.25, -0.2) is 18.4 Å². The number of carbonyl (C=O) groups excluding carboxylic acids is 1. The van der Waals surface area contributed by atoms with Gasteiger partial charge in [0.2, 0.25) is 11.9 Å². The van der Waals surface area contributed by atoms with Crippen LogP contribution in [0.2, 0.25) is 0 Å². The molecule has 1 amide bonds. The molecule has 2 fully saturated rings. The molecule has 1 N–H and O–H groups in total. The van der Waals surface area contributed by atoms with Crippen molar-refractivity contribution in [2.75, 3.05) is 37.0 Å². The lowest BCUT2D eigenvalue weighted by molar-refractivity contribution is -0.141. The van der Waals surface area contributed by atoms with Crippen LogP contribution < -0.4 is 5.32 Å². The molecule has 1 aromatic carbocycles. The van der Waals surface area contributed by atoms with Crippen LogP contribution in [0.1, 0.15) is 48.9 Å². The van der Waals surface area contributed by atoms with Gasteiger partial charge in [0.25, 0.3) is 0 Å². The minimum atomic E-state index is -2.91. The lowest BCUT2D eigenvalue weighted by Gasteiger charge is -2.42. The van der Waals surface area contributed by atoms with Crippen molar-refractivity contribution in [2.45, 2.75) is 57.2 Å². The molecule has 1 aromatic heterocycles. The molecule has 2 saturated heterocycles. The van der Waals surface area contributed by atoms with Crippen LogP contribution in [-0.4, -0.2) is 77.8 Å². The molecule has 3 aliphatic heterocycles. The zero-order valence-electron chi connectivity index (χ0n) is 20.6. The number of rotatable bonds is 4. The van der Waals surface area contributed by atoms with E-state index in [1.165, 1.54) is 5.56 Å². The summed E-state index contributed by atoms with van der Waals surface area (Å²) < 4.78 is 23.5. The fourth-order valence-corrected chi connectivity index (χ4v) is 7.23. The molecule has 0 saturated carbocycles. The highest BCUT2D eigenvalue weighted by Crippen LogP contribution is 2.35. The summed E-state index contributed by atoms with van der Waals surface area (Å²) in [5.74, 6) is 1.29. The van der Waals surface area contributed by atoms with Crippen molar-refractivity contribution in [1.29, 1.82) is 0 Å². The van der Waals surface area contributed by atoms with E-state index in [-0.39, 0.29) is 41.3 Å². The van der Waals surface area contributed by atoms with E-state index < -0.39 is 9.84 Å². The molecule has 8 nitrogen and oxygen atoms in total. The summed E-state index contributed by atoms with van der Waals surface area (Å²) in [6, 6.07) is 10.6. The molecule has 9 heteroatoms. The third kappa shape index (κ3) is 5.35. The van der Waals surface area contributed by atoms with Crippen molar-refractivity contribution in [2.24, 2.45) is 5.92 Å². The average molecular weight is 498 g/mol. The number of piperidine rings is 1. The summed E-state index contributed by atoms with van der Waals surface area (Å²) in [5, 5.41) is 3.33. The normalized spacial score (nSPS) is 27.3. The molecule has 5 rings (SSSR count). The number of hydrogen-bond donors (Lipinski definition) is 1. The van der Waals surface area contributed by atoms with Crippen molar-refractivity contribution in [3.05, 3.63) is 53.3 Å². The number of likely N-dealkylation sites (N-methyl/N-ethyl adjacent to an activating group) is 1. The van der Waals surface area contributed by atoms with Crippen LogP contribution in [0.4, 0.5) is 5.95 Å². The van der Waals surface area contributed by atoms with Gasteiger partial charge in [-0.05, 0) is 57.3 Å². The predicted octanol–water partition coefficient (Wildman–Crippen LogP) is 2.47. The van der Waals surface area contributed by atoms with E-state index in [2.05, 4.69) is 53.4 Å². The average Bonchev–Trinajstić information content (AvgIpc) is 2.85. The first-order chi connectivity index (χ1) is 16.8. The molecule has 3 aliphatic rings. The summed E-state index contributed by atoms with van der Waals surface area (Å²) in [7, 11) is -0.784. The van der Waals surface area contributed by atoms with Crippen molar-refractivity contribution in [1.82, 2.24) is 19.8 Å². The Morgan fingerprint density at radius 2 is 1.86 bits per heavy atom. The van der Waals surface area contributed by atoms with Gasteiger partial charge in [-0.1, -0.05) is 30.3 Å². The summed E-state index contributed by atoms with van der Waals surface area (Å²) in [6.07, 6.45) is 4.60. The SMILES string of the molecule is C[C@@H]1Cc2cnc(NC3CCS(=O)(=O)CC3)nc2CN1C(=O)[C@H]1CCN(C)C[C@@H]1c1ccccc1. The highest BCUT2D eigenvalue weighted by molar-refractivity contribution is 7.91. The molecule has 0 radical (unpaired) electrons. The summed E-state index contributed by atoms with van der Waals surface area (Å²) in [5.41, 5.74) is 3.20. The van der Waals surface area contributed by atoms with Gasteiger partial charge in [-0.15, -0.1) is 0 Å². The van der Waals surface area contributed by atoms with E-state index in [1.807, 2.05) is 17.2 Å². The summed E-state index contributed by atoms with van der Waals surface area (Å²) in [6.45, 7) is 4.40. The van der Waals surface area contributed by atoms with Crippen molar-refractivity contribution in [3.8, 4) is 0 Å². The number of carbonyl (C=O) groups is 1. The van der Waals surface area contributed by atoms with Gasteiger partial charge in [-0.3, -0.25) is 4.79 Å². The zero-order chi connectivity index (χ0) is 24.6. The Morgan fingerprint density at radius 3 is 2.60 bits per heavy atom. The third-order valence-corrected chi connectivity index (χ3v) is 9.57. The Labute approximate surface area is 208 Å². The maximum atomic E-state index is 13.9. The highest BCUT2D eigenvalue weighted by Gasteiger charge is 2.39. The number of likely N-dealkylation sites (tertiary alicyclic amines) is 1. The first kappa shape index (κ1) is 24.2. The van der Waals surface area contributed by atoms with E-state index in [9.17, 15) is 13.2 Å². The van der Waals surface area contributed by atoms with Crippen LogP contribution in [0.3, 0.4) is 0 Å². The Bertz CT molecular complexity index is 1160. The number of amides is 1. The van der Waals surface area contributed by atoms with Crippen LogP contribution in [0.25, 0.3) is 0 Å². The van der Waals surface area contributed by atoms with Gasteiger partial charge in [0.05, 0.1) is 23.7 Å². The fourth-order valence-electron chi connectivity index (χ4n) is 5.74. The minimum Gasteiger partial charge on any atom is -0.351 e. The molecule has 0 spiro atoms. The molecule has 2 aromatic rings. The number of aromatic nitrogens is 2. The number of sulfone groups is 1. The number of benzene rings is 1. The van der Waals surface area contributed by atoms with Gasteiger partial charge in [0.15, 0.2) is 0 Å². The maximum Gasteiger partial charge on any atom is 0.227 e. The van der Waals surface area contributed by atoms with Crippen molar-refractivity contribution in [3.63, 3.8) is 0 Å². The fraction of sp³-hybridized carbons (Fsp3) is 0.577. The molecule has 35 heavy (non-hydrogen) atoms. The minimum absolute atomic E-state index is 0.0405. The number of hydrogen-bond acceptors (Lipinski definition) is 7. The molecule has 0 unspecified atom stereocenters. The number of nitrogens with zero attached hydrogens (tertiary/aromatic N) is 4. The van der Waals surface area contributed by atoms with Gasteiger partial charge >= 0.3 is 0 Å². The third-order valence-electron chi connectivity index (χ3n) is 7.85. The van der Waals surface area contributed by atoms with Gasteiger partial charge in [0, 0.05) is 36.7 Å². The predicted molar refractivity (Wildman–Crippen MR) is 136 cm³/mol. The van der Waals surface area contributed by atoms with Crippen molar-refractivity contribution >= 4 is 21.7 Å². The molecular weight excluding hydrogens is 462 g/mol. The molecule has 3 atom stereocenters. The largest absolute Gasteiger partial charge is 0.351 e.